The highest BCUT2D eigenvalue weighted by atomic mass is 35.5. The van der Waals surface area contributed by atoms with Gasteiger partial charge in [-0.1, -0.05) is 18.5 Å². The summed E-state index contributed by atoms with van der Waals surface area (Å²) in [5.74, 6) is 0. The number of benzene rings is 1. The monoisotopic (exact) mass is 301 g/mol. The maximum atomic E-state index is 12.6. The lowest BCUT2D eigenvalue weighted by Crippen LogP contribution is -2.48. The van der Waals surface area contributed by atoms with Crippen molar-refractivity contribution in [1.82, 2.24) is 5.32 Å². The van der Waals surface area contributed by atoms with Gasteiger partial charge < -0.3 is 10.1 Å². The van der Waals surface area contributed by atoms with Gasteiger partial charge >= 0.3 is 0 Å². The van der Waals surface area contributed by atoms with Crippen molar-refractivity contribution in [2.75, 3.05) is 19.8 Å². The van der Waals surface area contributed by atoms with Gasteiger partial charge in [0.05, 0.1) is 22.7 Å². The van der Waals surface area contributed by atoms with Gasteiger partial charge in [0.2, 0.25) is 0 Å². The summed E-state index contributed by atoms with van der Waals surface area (Å²) in [5, 5.41) is 4.17. The van der Waals surface area contributed by atoms with Crippen LogP contribution in [0.4, 0.5) is 0 Å². The van der Waals surface area contributed by atoms with Crippen LogP contribution in [0.1, 0.15) is 19.8 Å². The summed E-state index contributed by atoms with van der Waals surface area (Å²) in [4.78, 5) is 0.822. The van der Waals surface area contributed by atoms with Crippen molar-refractivity contribution in [3.8, 4) is 0 Å². The van der Waals surface area contributed by atoms with Gasteiger partial charge in [0, 0.05) is 22.6 Å². The van der Waals surface area contributed by atoms with Crippen LogP contribution < -0.4 is 5.32 Å². The van der Waals surface area contributed by atoms with E-state index in [1.807, 2.05) is 12.1 Å². The smallest absolute Gasteiger partial charge is 0.0782 e. The van der Waals surface area contributed by atoms with Crippen LogP contribution in [0.15, 0.2) is 29.2 Å². The van der Waals surface area contributed by atoms with Crippen molar-refractivity contribution in [3.63, 3.8) is 0 Å². The SMILES string of the molecule is CCCNC1CCOCC1S(=O)c1ccc(Cl)cc1. The molecule has 0 saturated carbocycles. The van der Waals surface area contributed by atoms with E-state index in [0.717, 1.165) is 30.9 Å². The Kier molecular flexibility index (Phi) is 5.82. The van der Waals surface area contributed by atoms with E-state index >= 15 is 0 Å². The summed E-state index contributed by atoms with van der Waals surface area (Å²) in [6, 6.07) is 7.51. The number of ether oxygens (including phenoxy) is 1. The average molecular weight is 302 g/mol. The highest BCUT2D eigenvalue weighted by molar-refractivity contribution is 7.85. The molecule has 0 bridgehead atoms. The van der Waals surface area contributed by atoms with Gasteiger partial charge in [-0.25, -0.2) is 0 Å². The molecule has 0 aliphatic carbocycles. The molecule has 0 spiro atoms. The Bertz CT molecular complexity index is 424. The molecule has 0 aromatic heterocycles. The van der Waals surface area contributed by atoms with E-state index < -0.39 is 10.8 Å². The molecule has 0 radical (unpaired) electrons. The normalized spacial score (nSPS) is 25.2. The van der Waals surface area contributed by atoms with Crippen molar-refractivity contribution >= 4 is 22.4 Å². The zero-order chi connectivity index (χ0) is 13.7. The third-order valence-electron chi connectivity index (χ3n) is 3.28. The van der Waals surface area contributed by atoms with E-state index in [-0.39, 0.29) is 11.3 Å². The van der Waals surface area contributed by atoms with Gasteiger partial charge in [0.15, 0.2) is 0 Å². The van der Waals surface area contributed by atoms with Gasteiger partial charge in [0.1, 0.15) is 0 Å². The lowest BCUT2D eigenvalue weighted by molar-refractivity contribution is 0.0820. The molecule has 1 aromatic carbocycles. The fourth-order valence-corrected chi connectivity index (χ4v) is 3.86. The Morgan fingerprint density at radius 1 is 1.42 bits per heavy atom. The first kappa shape index (κ1) is 15.0. The lowest BCUT2D eigenvalue weighted by Gasteiger charge is -2.31. The fraction of sp³-hybridized carbons (Fsp3) is 0.571. The van der Waals surface area contributed by atoms with Crippen LogP contribution in [0.2, 0.25) is 5.02 Å². The fourth-order valence-electron chi connectivity index (χ4n) is 2.23. The maximum Gasteiger partial charge on any atom is 0.0782 e. The molecule has 3 unspecified atom stereocenters. The maximum absolute atomic E-state index is 12.6. The summed E-state index contributed by atoms with van der Waals surface area (Å²) in [6.07, 6.45) is 2.00. The lowest BCUT2D eigenvalue weighted by atomic mass is 10.1. The minimum absolute atomic E-state index is 0.0153. The Balaban J connectivity index is 2.08. The van der Waals surface area contributed by atoms with Crippen molar-refractivity contribution in [3.05, 3.63) is 29.3 Å². The van der Waals surface area contributed by atoms with Crippen LogP contribution in [0.25, 0.3) is 0 Å². The van der Waals surface area contributed by atoms with Crippen LogP contribution in [-0.2, 0) is 15.5 Å². The Labute approximate surface area is 122 Å². The largest absolute Gasteiger partial charge is 0.380 e. The molecule has 106 valence electrons. The molecule has 1 aliphatic rings. The molecule has 3 nitrogen and oxygen atoms in total. The quantitative estimate of drug-likeness (QED) is 0.908. The Hall–Kier alpha value is -0.420. The second-order valence-corrected chi connectivity index (χ2v) is 6.82. The molecule has 1 N–H and O–H groups in total. The van der Waals surface area contributed by atoms with E-state index in [1.54, 1.807) is 12.1 Å². The number of rotatable bonds is 5. The highest BCUT2D eigenvalue weighted by Gasteiger charge is 2.30. The first-order chi connectivity index (χ1) is 9.22. The highest BCUT2D eigenvalue weighted by Crippen LogP contribution is 2.21. The molecule has 0 amide bonds. The molecule has 1 fully saturated rings. The van der Waals surface area contributed by atoms with Crippen LogP contribution in [-0.4, -0.2) is 35.3 Å². The van der Waals surface area contributed by atoms with Crippen molar-refractivity contribution in [1.29, 1.82) is 0 Å². The van der Waals surface area contributed by atoms with Crippen LogP contribution in [0, 0.1) is 0 Å². The number of hydrogen-bond acceptors (Lipinski definition) is 3. The van der Waals surface area contributed by atoms with E-state index in [1.165, 1.54) is 0 Å². The molecule has 5 heteroatoms. The first-order valence-electron chi connectivity index (χ1n) is 6.69. The summed E-state index contributed by atoms with van der Waals surface area (Å²) in [7, 11) is -1.06. The molecule has 2 rings (SSSR count). The summed E-state index contributed by atoms with van der Waals surface area (Å²) >= 11 is 5.86. The Morgan fingerprint density at radius 3 is 2.84 bits per heavy atom. The third-order valence-corrected chi connectivity index (χ3v) is 5.28. The minimum atomic E-state index is -1.06. The number of nitrogens with one attached hydrogen (secondary N) is 1. The van der Waals surface area contributed by atoms with Gasteiger partial charge in [-0.2, -0.15) is 0 Å². The predicted octanol–water partition coefficient (Wildman–Crippen LogP) is 2.60. The predicted molar refractivity (Wildman–Crippen MR) is 79.2 cm³/mol. The van der Waals surface area contributed by atoms with Gasteiger partial charge in [-0.15, -0.1) is 0 Å². The second kappa shape index (κ2) is 7.39. The average Bonchev–Trinajstić information content (AvgIpc) is 2.45. The van der Waals surface area contributed by atoms with Crippen LogP contribution >= 0.6 is 11.6 Å². The van der Waals surface area contributed by atoms with Crippen LogP contribution in [0.5, 0.6) is 0 Å². The first-order valence-corrected chi connectivity index (χ1v) is 8.28. The minimum Gasteiger partial charge on any atom is -0.380 e. The van der Waals surface area contributed by atoms with Gasteiger partial charge in [0.25, 0.3) is 0 Å². The number of halogens is 1. The molecule has 3 atom stereocenters. The molecule has 19 heavy (non-hydrogen) atoms. The van der Waals surface area contributed by atoms with E-state index in [0.29, 0.717) is 11.6 Å². The van der Waals surface area contributed by atoms with Gasteiger partial charge in [-0.3, -0.25) is 4.21 Å². The molecular weight excluding hydrogens is 282 g/mol. The summed E-state index contributed by atoms with van der Waals surface area (Å²) < 4.78 is 18.1. The van der Waals surface area contributed by atoms with Crippen molar-refractivity contribution < 1.29 is 8.95 Å². The molecule has 1 aromatic rings. The Morgan fingerprint density at radius 2 is 2.16 bits per heavy atom. The summed E-state index contributed by atoms with van der Waals surface area (Å²) in [6.45, 7) is 4.39. The van der Waals surface area contributed by atoms with Gasteiger partial charge in [-0.05, 0) is 43.7 Å². The zero-order valence-corrected chi connectivity index (χ0v) is 12.7. The topological polar surface area (TPSA) is 38.3 Å². The molecule has 1 heterocycles. The number of hydrogen-bond donors (Lipinski definition) is 1. The molecular formula is C14H20ClNO2S. The molecule has 1 aliphatic heterocycles. The third kappa shape index (κ3) is 4.02. The van der Waals surface area contributed by atoms with E-state index in [9.17, 15) is 4.21 Å². The summed E-state index contributed by atoms with van der Waals surface area (Å²) in [5.41, 5.74) is 0. The van der Waals surface area contributed by atoms with Crippen molar-refractivity contribution in [2.45, 2.75) is 36.0 Å². The van der Waals surface area contributed by atoms with E-state index in [4.69, 9.17) is 16.3 Å². The second-order valence-electron chi connectivity index (χ2n) is 4.71. The molecule has 1 saturated heterocycles. The zero-order valence-electron chi connectivity index (χ0n) is 11.1. The van der Waals surface area contributed by atoms with Crippen LogP contribution in [0.3, 0.4) is 0 Å². The standard InChI is InChI=1S/C14H20ClNO2S/c1-2-8-16-13-7-9-18-10-14(13)19(17)12-5-3-11(15)4-6-12/h3-6,13-14,16H,2,7-10H2,1H3. The van der Waals surface area contributed by atoms with Crippen molar-refractivity contribution in [2.24, 2.45) is 0 Å². The van der Waals surface area contributed by atoms with E-state index in [2.05, 4.69) is 12.2 Å².